The van der Waals surface area contributed by atoms with Crippen LogP contribution in [0.2, 0.25) is 0 Å². The summed E-state index contributed by atoms with van der Waals surface area (Å²) in [6.45, 7) is 14.5. The minimum absolute atomic E-state index is 0.277. The highest BCUT2D eigenvalue weighted by atomic mass is 15.3. The molecule has 0 amide bonds. The van der Waals surface area contributed by atoms with E-state index in [0.29, 0.717) is 6.04 Å². The summed E-state index contributed by atoms with van der Waals surface area (Å²) in [5.74, 6) is 0. The molecule has 1 heterocycles. The smallest absolute Gasteiger partial charge is 0.0277 e. The van der Waals surface area contributed by atoms with Crippen molar-refractivity contribution < 1.29 is 0 Å². The molecule has 0 spiro atoms. The molecule has 1 aliphatic rings. The second kappa shape index (κ2) is 6.91. The van der Waals surface area contributed by atoms with Crippen molar-refractivity contribution in [3.8, 4) is 0 Å². The van der Waals surface area contributed by atoms with Crippen LogP contribution < -0.4 is 5.32 Å². The van der Waals surface area contributed by atoms with E-state index in [1.165, 1.54) is 11.1 Å². The van der Waals surface area contributed by atoms with E-state index in [1.54, 1.807) is 0 Å². The van der Waals surface area contributed by atoms with Crippen LogP contribution in [0.15, 0.2) is 24.3 Å². The minimum Gasteiger partial charge on any atom is -0.310 e. The molecule has 1 N–H and O–H groups in total. The van der Waals surface area contributed by atoms with Gasteiger partial charge in [0, 0.05) is 44.3 Å². The van der Waals surface area contributed by atoms with E-state index in [-0.39, 0.29) is 5.54 Å². The number of piperazine rings is 1. The van der Waals surface area contributed by atoms with Crippen molar-refractivity contribution in [2.45, 2.75) is 52.4 Å². The lowest BCUT2D eigenvalue weighted by atomic mass is 9.99. The van der Waals surface area contributed by atoms with Crippen molar-refractivity contribution in [3.05, 3.63) is 35.4 Å². The first-order valence-corrected chi connectivity index (χ1v) is 8.11. The molecule has 1 aliphatic heterocycles. The minimum atomic E-state index is 0.277. The lowest BCUT2D eigenvalue weighted by molar-refractivity contribution is 0.0360. The Hall–Kier alpha value is -0.900. The Labute approximate surface area is 130 Å². The van der Waals surface area contributed by atoms with Gasteiger partial charge in [0.25, 0.3) is 0 Å². The summed E-state index contributed by atoms with van der Waals surface area (Å²) in [6.07, 6.45) is 0. The van der Waals surface area contributed by atoms with Gasteiger partial charge in [0.1, 0.15) is 0 Å². The van der Waals surface area contributed by atoms with E-state index in [9.17, 15) is 0 Å². The van der Waals surface area contributed by atoms with Gasteiger partial charge in [-0.3, -0.25) is 9.80 Å². The fraction of sp³-hybridized carbons (Fsp3) is 0.667. The molecule has 0 unspecified atom stereocenters. The van der Waals surface area contributed by atoms with Gasteiger partial charge in [-0.15, -0.1) is 0 Å². The van der Waals surface area contributed by atoms with E-state index >= 15 is 0 Å². The van der Waals surface area contributed by atoms with Crippen LogP contribution in [0.1, 0.15) is 38.8 Å². The maximum Gasteiger partial charge on any atom is 0.0277 e. The first-order chi connectivity index (χ1) is 9.87. The summed E-state index contributed by atoms with van der Waals surface area (Å²) in [7, 11) is 2.23. The highest BCUT2D eigenvalue weighted by molar-refractivity contribution is 5.22. The van der Waals surface area contributed by atoms with Crippen molar-refractivity contribution in [2.75, 3.05) is 26.7 Å². The molecule has 0 radical (unpaired) electrons. The monoisotopic (exact) mass is 289 g/mol. The third-order valence-corrected chi connectivity index (χ3v) is 4.54. The summed E-state index contributed by atoms with van der Waals surface area (Å²) in [4.78, 5) is 5.03. The zero-order valence-corrected chi connectivity index (χ0v) is 14.3. The average molecular weight is 289 g/mol. The van der Waals surface area contributed by atoms with Crippen LogP contribution in [0.5, 0.6) is 0 Å². The summed E-state index contributed by atoms with van der Waals surface area (Å²) in [6, 6.07) is 9.61. The molecule has 118 valence electrons. The van der Waals surface area contributed by atoms with Crippen LogP contribution in [0.4, 0.5) is 0 Å². The Morgan fingerprint density at radius 1 is 1.10 bits per heavy atom. The molecule has 1 fully saturated rings. The third kappa shape index (κ3) is 4.80. The molecule has 0 aromatic heterocycles. The van der Waals surface area contributed by atoms with Crippen molar-refractivity contribution in [1.29, 1.82) is 0 Å². The first kappa shape index (κ1) is 16.5. The summed E-state index contributed by atoms with van der Waals surface area (Å²) in [5.41, 5.74) is 3.06. The lowest BCUT2D eigenvalue weighted by Gasteiger charge is -2.45. The average Bonchev–Trinajstić information content (AvgIpc) is 2.42. The number of nitrogens with one attached hydrogen (secondary N) is 1. The highest BCUT2D eigenvalue weighted by Crippen LogP contribution is 2.20. The predicted octanol–water partition coefficient (Wildman–Crippen LogP) is 2.71. The number of benzene rings is 1. The normalized spacial score (nSPS) is 20.1. The van der Waals surface area contributed by atoms with Gasteiger partial charge in [0.05, 0.1) is 0 Å². The van der Waals surface area contributed by atoms with Gasteiger partial charge in [-0.2, -0.15) is 0 Å². The maximum absolute atomic E-state index is 3.46. The van der Waals surface area contributed by atoms with Crippen molar-refractivity contribution in [2.24, 2.45) is 0 Å². The maximum atomic E-state index is 3.46. The third-order valence-electron chi connectivity index (χ3n) is 4.54. The Kier molecular flexibility index (Phi) is 5.42. The highest BCUT2D eigenvalue weighted by Gasteiger charge is 2.30. The fourth-order valence-electron chi connectivity index (χ4n) is 2.82. The van der Waals surface area contributed by atoms with Crippen LogP contribution in [0, 0.1) is 0 Å². The Morgan fingerprint density at radius 3 is 2.29 bits per heavy atom. The quantitative estimate of drug-likeness (QED) is 0.899. The number of hydrogen-bond acceptors (Lipinski definition) is 3. The molecule has 0 atom stereocenters. The van der Waals surface area contributed by atoms with Crippen LogP contribution in [-0.4, -0.2) is 48.1 Å². The molecule has 3 nitrogen and oxygen atoms in total. The van der Waals surface area contributed by atoms with Gasteiger partial charge >= 0.3 is 0 Å². The van der Waals surface area contributed by atoms with Crippen molar-refractivity contribution >= 4 is 0 Å². The van der Waals surface area contributed by atoms with Crippen LogP contribution >= 0.6 is 0 Å². The van der Waals surface area contributed by atoms with Crippen LogP contribution in [-0.2, 0) is 13.1 Å². The Morgan fingerprint density at radius 2 is 1.71 bits per heavy atom. The topological polar surface area (TPSA) is 18.5 Å². The van der Waals surface area contributed by atoms with E-state index in [4.69, 9.17) is 0 Å². The summed E-state index contributed by atoms with van der Waals surface area (Å²) >= 11 is 0. The van der Waals surface area contributed by atoms with Gasteiger partial charge in [0.2, 0.25) is 0 Å². The zero-order valence-electron chi connectivity index (χ0n) is 14.3. The van der Waals surface area contributed by atoms with Crippen LogP contribution in [0.25, 0.3) is 0 Å². The molecule has 1 saturated heterocycles. The van der Waals surface area contributed by atoms with E-state index in [2.05, 4.69) is 74.1 Å². The molecule has 1 aromatic rings. The predicted molar refractivity (Wildman–Crippen MR) is 90.4 cm³/mol. The zero-order chi connectivity index (χ0) is 15.5. The Balaban J connectivity index is 1.89. The van der Waals surface area contributed by atoms with Crippen LogP contribution in [0.3, 0.4) is 0 Å². The molecule has 3 heteroatoms. The van der Waals surface area contributed by atoms with E-state index in [1.807, 2.05) is 0 Å². The van der Waals surface area contributed by atoms with Crippen molar-refractivity contribution in [1.82, 2.24) is 15.1 Å². The number of rotatable bonds is 5. The molecular weight excluding hydrogens is 258 g/mol. The number of hydrogen-bond donors (Lipinski definition) is 1. The molecular formula is C18H31N3. The van der Waals surface area contributed by atoms with Crippen molar-refractivity contribution in [3.63, 3.8) is 0 Å². The Bertz CT molecular complexity index is 436. The standard InChI is InChI=1S/C18H31N3/c1-15(2)19-12-16-6-8-17(9-7-16)13-21-11-10-20(5)18(3,4)14-21/h6-9,15,19H,10-14H2,1-5H3. The second-order valence-corrected chi connectivity index (χ2v) is 7.30. The van der Waals surface area contributed by atoms with E-state index < -0.39 is 0 Å². The summed E-state index contributed by atoms with van der Waals surface area (Å²) in [5, 5.41) is 3.46. The van der Waals surface area contributed by atoms with Gasteiger partial charge in [-0.25, -0.2) is 0 Å². The molecule has 2 rings (SSSR count). The molecule has 1 aromatic carbocycles. The fourth-order valence-corrected chi connectivity index (χ4v) is 2.82. The first-order valence-electron chi connectivity index (χ1n) is 8.11. The number of likely N-dealkylation sites (N-methyl/N-ethyl adjacent to an activating group) is 1. The number of nitrogens with zero attached hydrogens (tertiary/aromatic N) is 2. The molecule has 21 heavy (non-hydrogen) atoms. The summed E-state index contributed by atoms with van der Waals surface area (Å²) < 4.78 is 0. The molecule has 0 bridgehead atoms. The largest absolute Gasteiger partial charge is 0.310 e. The van der Waals surface area contributed by atoms with Gasteiger partial charge in [-0.1, -0.05) is 38.1 Å². The molecule has 0 aliphatic carbocycles. The molecule has 0 saturated carbocycles. The van der Waals surface area contributed by atoms with Gasteiger partial charge in [-0.05, 0) is 32.0 Å². The lowest BCUT2D eigenvalue weighted by Crippen LogP contribution is -2.57. The van der Waals surface area contributed by atoms with Gasteiger partial charge in [0.15, 0.2) is 0 Å². The van der Waals surface area contributed by atoms with Gasteiger partial charge < -0.3 is 5.32 Å². The second-order valence-electron chi connectivity index (χ2n) is 7.30. The van der Waals surface area contributed by atoms with E-state index in [0.717, 1.165) is 32.7 Å². The SMILES string of the molecule is CC(C)NCc1ccc(CN2CCN(C)C(C)(C)C2)cc1.